The SMILES string of the molecule is Fc1cn(C2CCN(c3ncccn3)CC2)c2ncnc(Cl)c12.O=C(F)F. The van der Waals surface area contributed by atoms with Gasteiger partial charge in [0.1, 0.15) is 17.1 Å². The van der Waals surface area contributed by atoms with Crippen LogP contribution in [0.5, 0.6) is 0 Å². The molecule has 1 fully saturated rings. The summed E-state index contributed by atoms with van der Waals surface area (Å²) in [6.45, 7) is 1.63. The van der Waals surface area contributed by atoms with Crippen molar-refractivity contribution in [3.05, 3.63) is 42.0 Å². The molecule has 4 rings (SSSR count). The van der Waals surface area contributed by atoms with Gasteiger partial charge in [-0.2, -0.15) is 0 Å². The summed E-state index contributed by atoms with van der Waals surface area (Å²) in [5.41, 5.74) is 0.553. The Bertz CT molecular complexity index is 927. The molecule has 11 heteroatoms. The topological polar surface area (TPSA) is 76.8 Å². The highest BCUT2D eigenvalue weighted by molar-refractivity contribution is 6.34. The number of aromatic nitrogens is 5. The molecule has 3 aromatic heterocycles. The summed E-state index contributed by atoms with van der Waals surface area (Å²) in [7, 11) is 0. The van der Waals surface area contributed by atoms with E-state index in [4.69, 9.17) is 16.4 Å². The Morgan fingerprint density at radius 1 is 1.11 bits per heavy atom. The van der Waals surface area contributed by atoms with E-state index >= 15 is 0 Å². The van der Waals surface area contributed by atoms with Crippen LogP contribution in [0.15, 0.2) is 31.0 Å². The number of fused-ring (bicyclic) bond motifs is 1. The van der Waals surface area contributed by atoms with Crippen LogP contribution in [0, 0.1) is 5.82 Å². The Morgan fingerprint density at radius 2 is 1.74 bits per heavy atom. The molecule has 0 unspecified atom stereocenters. The number of carbonyl (C=O) groups excluding carboxylic acids is 1. The standard InChI is InChI=1S/C15H14ClFN6.CF2O/c16-13-12-11(17)8-23(14(12)21-9-20-13)10-2-6-22(7-3-10)15-18-4-1-5-19-15;2-1(3)4/h1,4-5,8-10H,2-3,6-7H2;. The van der Waals surface area contributed by atoms with Crippen LogP contribution in [-0.2, 0) is 0 Å². The van der Waals surface area contributed by atoms with Crippen molar-refractivity contribution in [2.45, 2.75) is 18.9 Å². The van der Waals surface area contributed by atoms with Crippen LogP contribution in [0.4, 0.5) is 23.9 Å². The van der Waals surface area contributed by atoms with Gasteiger partial charge in [-0.05, 0) is 18.9 Å². The first-order valence-electron chi connectivity index (χ1n) is 8.01. The summed E-state index contributed by atoms with van der Waals surface area (Å²) in [5, 5.41) is 0.448. The molecule has 1 aliphatic heterocycles. The predicted molar refractivity (Wildman–Crippen MR) is 92.6 cm³/mol. The average Bonchev–Trinajstić information content (AvgIpc) is 3.00. The fraction of sp³-hybridized carbons (Fsp3) is 0.312. The average molecular weight is 399 g/mol. The van der Waals surface area contributed by atoms with Crippen molar-refractivity contribution >= 4 is 34.9 Å². The molecule has 0 aliphatic carbocycles. The zero-order chi connectivity index (χ0) is 19.4. The molecule has 27 heavy (non-hydrogen) atoms. The molecule has 0 bridgehead atoms. The predicted octanol–water partition coefficient (Wildman–Crippen LogP) is 3.90. The minimum atomic E-state index is -2.83. The van der Waals surface area contributed by atoms with Crippen LogP contribution in [0.25, 0.3) is 11.0 Å². The van der Waals surface area contributed by atoms with Gasteiger partial charge in [0.25, 0.3) is 0 Å². The van der Waals surface area contributed by atoms with Crippen molar-refractivity contribution in [3.8, 4) is 0 Å². The molecule has 0 aromatic carbocycles. The Kier molecular flexibility index (Phi) is 5.84. The minimum Gasteiger partial charge on any atom is -0.341 e. The molecule has 0 N–H and O–H groups in total. The van der Waals surface area contributed by atoms with Crippen molar-refractivity contribution in [2.75, 3.05) is 18.0 Å². The summed E-state index contributed by atoms with van der Waals surface area (Å²) < 4.78 is 35.4. The van der Waals surface area contributed by atoms with Crippen LogP contribution < -0.4 is 4.90 Å². The van der Waals surface area contributed by atoms with Crippen LogP contribution in [0.1, 0.15) is 18.9 Å². The molecule has 0 saturated carbocycles. The van der Waals surface area contributed by atoms with E-state index in [2.05, 4.69) is 24.8 Å². The molecule has 142 valence electrons. The Balaban J connectivity index is 0.000000481. The van der Waals surface area contributed by atoms with Gasteiger partial charge in [-0.15, -0.1) is 8.78 Å². The lowest BCUT2D eigenvalue weighted by Crippen LogP contribution is -2.35. The number of halogens is 4. The van der Waals surface area contributed by atoms with Gasteiger partial charge in [-0.1, -0.05) is 11.6 Å². The molecule has 1 saturated heterocycles. The van der Waals surface area contributed by atoms with Gasteiger partial charge < -0.3 is 9.47 Å². The van der Waals surface area contributed by atoms with Crippen molar-refractivity contribution < 1.29 is 18.0 Å². The third kappa shape index (κ3) is 4.33. The lowest BCUT2D eigenvalue weighted by Gasteiger charge is -2.32. The number of anilines is 1. The highest BCUT2D eigenvalue weighted by atomic mass is 35.5. The number of rotatable bonds is 2. The molecular formula is C16H14ClF3N6O. The highest BCUT2D eigenvalue weighted by Crippen LogP contribution is 2.31. The van der Waals surface area contributed by atoms with Gasteiger partial charge in [0, 0.05) is 37.7 Å². The van der Waals surface area contributed by atoms with Crippen LogP contribution in [0.3, 0.4) is 0 Å². The normalized spacial score (nSPS) is 14.7. The van der Waals surface area contributed by atoms with Gasteiger partial charge in [-0.3, -0.25) is 0 Å². The summed E-state index contributed by atoms with van der Waals surface area (Å²) in [6, 6.07) is 1.97. The van der Waals surface area contributed by atoms with Crippen LogP contribution >= 0.6 is 11.6 Å². The largest absolute Gasteiger partial charge is 0.483 e. The molecular weight excluding hydrogens is 385 g/mol. The van der Waals surface area contributed by atoms with Crippen LogP contribution in [0.2, 0.25) is 5.15 Å². The van der Waals surface area contributed by atoms with Gasteiger partial charge in [0.15, 0.2) is 5.82 Å². The lowest BCUT2D eigenvalue weighted by atomic mass is 10.1. The summed E-state index contributed by atoms with van der Waals surface area (Å²) in [5.74, 6) is 0.360. The number of piperidine rings is 1. The van der Waals surface area contributed by atoms with Gasteiger partial charge >= 0.3 is 6.29 Å². The van der Waals surface area contributed by atoms with E-state index in [1.165, 1.54) is 12.5 Å². The first-order valence-corrected chi connectivity index (χ1v) is 8.38. The second-order valence-electron chi connectivity index (χ2n) is 5.74. The Labute approximate surface area is 156 Å². The number of carbonyl (C=O) groups is 1. The third-order valence-electron chi connectivity index (χ3n) is 4.21. The minimum absolute atomic E-state index is 0.154. The van der Waals surface area contributed by atoms with E-state index in [9.17, 15) is 13.2 Å². The van der Waals surface area contributed by atoms with Crippen molar-refractivity contribution in [1.29, 1.82) is 0 Å². The Morgan fingerprint density at radius 3 is 2.37 bits per heavy atom. The zero-order valence-electron chi connectivity index (χ0n) is 13.9. The maximum atomic E-state index is 14.1. The van der Waals surface area contributed by atoms with Crippen molar-refractivity contribution in [1.82, 2.24) is 24.5 Å². The molecule has 1 aliphatic rings. The molecule has 0 radical (unpaired) electrons. The Hall–Kier alpha value is -2.75. The second-order valence-corrected chi connectivity index (χ2v) is 6.10. The molecule has 0 atom stereocenters. The maximum absolute atomic E-state index is 14.1. The number of hydrogen-bond donors (Lipinski definition) is 0. The monoisotopic (exact) mass is 398 g/mol. The summed E-state index contributed by atoms with van der Waals surface area (Å²) in [6.07, 6.45) is 5.22. The number of hydrogen-bond acceptors (Lipinski definition) is 6. The first kappa shape index (κ1) is 19.0. The summed E-state index contributed by atoms with van der Waals surface area (Å²) in [4.78, 5) is 26.9. The molecule has 0 amide bonds. The maximum Gasteiger partial charge on any atom is 0.483 e. The van der Waals surface area contributed by atoms with E-state index in [1.54, 1.807) is 18.5 Å². The van der Waals surface area contributed by atoms with E-state index in [-0.39, 0.29) is 17.0 Å². The fourth-order valence-electron chi connectivity index (χ4n) is 3.08. The number of nitrogens with zero attached hydrogens (tertiary/aromatic N) is 6. The molecule has 4 heterocycles. The summed E-state index contributed by atoms with van der Waals surface area (Å²) >= 11 is 5.99. The van der Waals surface area contributed by atoms with Gasteiger partial charge in [-0.25, -0.2) is 29.1 Å². The zero-order valence-corrected chi connectivity index (χ0v) is 14.7. The molecule has 0 spiro atoms. The van der Waals surface area contributed by atoms with Crippen molar-refractivity contribution in [3.63, 3.8) is 0 Å². The van der Waals surface area contributed by atoms with Crippen molar-refractivity contribution in [2.24, 2.45) is 0 Å². The quantitative estimate of drug-likeness (QED) is 0.481. The fourth-order valence-corrected chi connectivity index (χ4v) is 3.30. The smallest absolute Gasteiger partial charge is 0.341 e. The van der Waals surface area contributed by atoms with E-state index in [0.717, 1.165) is 31.9 Å². The second kappa shape index (κ2) is 8.30. The van der Waals surface area contributed by atoms with E-state index in [0.29, 0.717) is 11.0 Å². The highest BCUT2D eigenvalue weighted by Gasteiger charge is 2.25. The van der Waals surface area contributed by atoms with Gasteiger partial charge in [0.2, 0.25) is 5.95 Å². The van der Waals surface area contributed by atoms with E-state index in [1.807, 2.05) is 4.57 Å². The van der Waals surface area contributed by atoms with Crippen LogP contribution in [-0.4, -0.2) is 43.9 Å². The molecule has 3 aromatic rings. The molecule has 7 nitrogen and oxygen atoms in total. The third-order valence-corrected chi connectivity index (χ3v) is 4.50. The first-order chi connectivity index (χ1) is 13.0. The van der Waals surface area contributed by atoms with Gasteiger partial charge in [0.05, 0.1) is 5.39 Å². The lowest BCUT2D eigenvalue weighted by molar-refractivity contribution is 0.199. The van der Waals surface area contributed by atoms with E-state index < -0.39 is 6.29 Å².